The molecule has 0 aromatic heterocycles. The third-order valence-corrected chi connectivity index (χ3v) is 5.25. The van der Waals surface area contributed by atoms with Crippen LogP contribution in [0.15, 0.2) is 18.2 Å². The maximum absolute atomic E-state index is 12.6. The number of piperidine rings is 1. The molecule has 1 aliphatic heterocycles. The third-order valence-electron chi connectivity index (χ3n) is 4.94. The van der Waals surface area contributed by atoms with Gasteiger partial charge in [-0.2, -0.15) is 0 Å². The van der Waals surface area contributed by atoms with E-state index in [4.69, 9.17) is 16.3 Å². The monoisotopic (exact) mass is 350 g/mol. The molecule has 1 aliphatic carbocycles. The Morgan fingerprint density at radius 2 is 2.04 bits per heavy atom. The Hall–Kier alpha value is -1.26. The average molecular weight is 351 g/mol. The molecule has 1 aromatic carbocycles. The van der Waals surface area contributed by atoms with Gasteiger partial charge in [-0.3, -0.25) is 4.79 Å². The van der Waals surface area contributed by atoms with E-state index in [0.717, 1.165) is 44.0 Å². The van der Waals surface area contributed by atoms with Crippen molar-refractivity contribution in [1.29, 1.82) is 0 Å². The Balaban J connectivity index is 1.48. The molecule has 1 saturated heterocycles. The number of halogens is 1. The molecule has 132 valence electrons. The number of nitrogens with one attached hydrogen (secondary N) is 1. The van der Waals surface area contributed by atoms with Crippen molar-refractivity contribution >= 4 is 17.5 Å². The molecule has 0 radical (unpaired) electrons. The van der Waals surface area contributed by atoms with E-state index in [-0.39, 0.29) is 5.91 Å². The van der Waals surface area contributed by atoms with Crippen LogP contribution in [0.1, 0.15) is 38.2 Å². The van der Waals surface area contributed by atoms with E-state index < -0.39 is 6.10 Å². The molecule has 0 spiro atoms. The number of hydrogen-bond donors (Lipinski definition) is 1. The van der Waals surface area contributed by atoms with Gasteiger partial charge >= 0.3 is 0 Å². The zero-order chi connectivity index (χ0) is 17.1. The minimum atomic E-state index is -0.514. The fraction of sp³-hybridized carbons (Fsp3) is 0.632. The molecule has 1 unspecified atom stereocenters. The lowest BCUT2D eigenvalue weighted by atomic mass is 10.0. The van der Waals surface area contributed by atoms with E-state index in [1.165, 1.54) is 12.8 Å². The smallest absolute Gasteiger partial charge is 0.263 e. The molecule has 3 rings (SSSR count). The molecule has 2 aliphatic rings. The zero-order valence-electron chi connectivity index (χ0n) is 14.6. The Labute approximate surface area is 149 Å². The SMILES string of the molecule is Cc1ccc(Cl)c(OC(C)C(=O)N2CCC(NCC3CC3)CC2)c1. The number of hydrogen-bond acceptors (Lipinski definition) is 3. The molecular weight excluding hydrogens is 324 g/mol. The van der Waals surface area contributed by atoms with Crippen molar-refractivity contribution in [2.75, 3.05) is 19.6 Å². The number of amides is 1. The number of rotatable bonds is 6. The van der Waals surface area contributed by atoms with E-state index in [9.17, 15) is 4.79 Å². The van der Waals surface area contributed by atoms with Crippen molar-refractivity contribution in [3.05, 3.63) is 28.8 Å². The standard InChI is InChI=1S/C19H27ClN2O2/c1-13-3-6-17(20)18(11-13)24-14(2)19(23)22-9-7-16(8-10-22)21-12-15-4-5-15/h3,6,11,14-16,21H,4-5,7-10,12H2,1-2H3. The predicted molar refractivity (Wildman–Crippen MR) is 96.6 cm³/mol. The first kappa shape index (κ1) is 17.6. The minimum Gasteiger partial charge on any atom is -0.479 e. The largest absolute Gasteiger partial charge is 0.479 e. The second kappa shape index (κ2) is 7.75. The molecule has 1 saturated carbocycles. The molecule has 1 N–H and O–H groups in total. The predicted octanol–water partition coefficient (Wildman–Crippen LogP) is 3.41. The molecular formula is C19H27ClN2O2. The van der Waals surface area contributed by atoms with E-state index in [2.05, 4.69) is 5.32 Å². The summed E-state index contributed by atoms with van der Waals surface area (Å²) in [5.74, 6) is 1.53. The van der Waals surface area contributed by atoms with E-state index >= 15 is 0 Å². The van der Waals surface area contributed by atoms with Crippen molar-refractivity contribution in [2.24, 2.45) is 5.92 Å². The fourth-order valence-corrected chi connectivity index (χ4v) is 3.32. The summed E-state index contributed by atoms with van der Waals surface area (Å²) in [4.78, 5) is 14.5. The lowest BCUT2D eigenvalue weighted by Gasteiger charge is -2.34. The highest BCUT2D eigenvalue weighted by molar-refractivity contribution is 6.32. The molecule has 4 nitrogen and oxygen atoms in total. The van der Waals surface area contributed by atoms with Crippen molar-refractivity contribution in [2.45, 2.75) is 51.7 Å². The van der Waals surface area contributed by atoms with Crippen LogP contribution in [0.25, 0.3) is 0 Å². The van der Waals surface area contributed by atoms with E-state index in [0.29, 0.717) is 16.8 Å². The number of ether oxygens (including phenoxy) is 1. The first-order valence-electron chi connectivity index (χ1n) is 8.98. The Kier molecular flexibility index (Phi) is 5.67. The molecule has 5 heteroatoms. The summed E-state index contributed by atoms with van der Waals surface area (Å²) in [6.07, 6.45) is 4.29. The van der Waals surface area contributed by atoms with Gasteiger partial charge in [0.05, 0.1) is 5.02 Å². The Bertz CT molecular complexity index is 581. The van der Waals surface area contributed by atoms with Gasteiger partial charge in [0.2, 0.25) is 0 Å². The fourth-order valence-electron chi connectivity index (χ4n) is 3.16. The van der Waals surface area contributed by atoms with E-state index in [1.807, 2.05) is 24.0 Å². The molecule has 1 amide bonds. The second-order valence-electron chi connectivity index (χ2n) is 7.15. The van der Waals surface area contributed by atoms with Gasteiger partial charge in [0.15, 0.2) is 6.10 Å². The molecule has 1 atom stereocenters. The summed E-state index contributed by atoms with van der Waals surface area (Å²) < 4.78 is 5.82. The van der Waals surface area contributed by atoms with Gasteiger partial charge < -0.3 is 15.0 Å². The molecule has 24 heavy (non-hydrogen) atoms. The third kappa shape index (κ3) is 4.64. The number of nitrogens with zero attached hydrogens (tertiary/aromatic N) is 1. The number of likely N-dealkylation sites (tertiary alicyclic amines) is 1. The van der Waals surface area contributed by atoms with Crippen LogP contribution in [0.2, 0.25) is 5.02 Å². The van der Waals surface area contributed by atoms with Crippen LogP contribution in [0.5, 0.6) is 5.75 Å². The summed E-state index contributed by atoms with van der Waals surface area (Å²) in [7, 11) is 0. The van der Waals surface area contributed by atoms with E-state index in [1.54, 1.807) is 13.0 Å². The van der Waals surface area contributed by atoms with Gasteiger partial charge in [0, 0.05) is 19.1 Å². The maximum Gasteiger partial charge on any atom is 0.263 e. The highest BCUT2D eigenvalue weighted by atomic mass is 35.5. The van der Waals surface area contributed by atoms with Crippen LogP contribution in [-0.4, -0.2) is 42.6 Å². The topological polar surface area (TPSA) is 41.6 Å². The summed E-state index contributed by atoms with van der Waals surface area (Å²) in [5.41, 5.74) is 1.07. The van der Waals surface area contributed by atoms with Crippen LogP contribution in [0, 0.1) is 12.8 Å². The number of carbonyl (C=O) groups is 1. The number of aryl methyl sites for hydroxylation is 1. The summed E-state index contributed by atoms with van der Waals surface area (Å²) in [6.45, 7) is 6.53. The van der Waals surface area contributed by atoms with Crippen molar-refractivity contribution in [3.63, 3.8) is 0 Å². The van der Waals surface area contributed by atoms with Gasteiger partial charge in [-0.15, -0.1) is 0 Å². The average Bonchev–Trinajstić information content (AvgIpc) is 3.40. The maximum atomic E-state index is 12.6. The van der Waals surface area contributed by atoms with Gasteiger partial charge in [0.1, 0.15) is 5.75 Å². The zero-order valence-corrected chi connectivity index (χ0v) is 15.3. The molecule has 2 fully saturated rings. The van der Waals surface area contributed by atoms with Gasteiger partial charge in [-0.25, -0.2) is 0 Å². The number of benzene rings is 1. The first-order chi connectivity index (χ1) is 11.5. The minimum absolute atomic E-state index is 0.0493. The van der Waals surface area contributed by atoms with Crippen LogP contribution in [0.4, 0.5) is 0 Å². The van der Waals surface area contributed by atoms with Crippen LogP contribution >= 0.6 is 11.6 Å². The lowest BCUT2D eigenvalue weighted by Crippen LogP contribution is -2.48. The highest BCUT2D eigenvalue weighted by Crippen LogP contribution is 2.28. The number of carbonyl (C=O) groups excluding carboxylic acids is 1. The summed E-state index contributed by atoms with van der Waals surface area (Å²) in [5, 5.41) is 4.18. The van der Waals surface area contributed by atoms with Crippen LogP contribution in [0.3, 0.4) is 0 Å². The molecule has 1 aromatic rings. The van der Waals surface area contributed by atoms with Gasteiger partial charge in [-0.1, -0.05) is 17.7 Å². The highest BCUT2D eigenvalue weighted by Gasteiger charge is 2.28. The van der Waals surface area contributed by atoms with Crippen LogP contribution < -0.4 is 10.1 Å². The van der Waals surface area contributed by atoms with Gasteiger partial charge in [-0.05, 0) is 69.7 Å². The first-order valence-corrected chi connectivity index (χ1v) is 9.35. The molecule has 0 bridgehead atoms. The lowest BCUT2D eigenvalue weighted by molar-refractivity contribution is -0.139. The van der Waals surface area contributed by atoms with Crippen molar-refractivity contribution in [3.8, 4) is 5.75 Å². The van der Waals surface area contributed by atoms with Gasteiger partial charge in [0.25, 0.3) is 5.91 Å². The second-order valence-corrected chi connectivity index (χ2v) is 7.55. The summed E-state index contributed by atoms with van der Waals surface area (Å²) >= 11 is 6.16. The summed E-state index contributed by atoms with van der Waals surface area (Å²) in [6, 6.07) is 6.17. The Morgan fingerprint density at radius 3 is 2.71 bits per heavy atom. The Morgan fingerprint density at radius 1 is 1.33 bits per heavy atom. The van der Waals surface area contributed by atoms with Crippen molar-refractivity contribution < 1.29 is 9.53 Å². The quantitative estimate of drug-likeness (QED) is 0.854. The van der Waals surface area contributed by atoms with Crippen LogP contribution in [-0.2, 0) is 4.79 Å². The molecule has 1 heterocycles. The van der Waals surface area contributed by atoms with Crippen molar-refractivity contribution in [1.82, 2.24) is 10.2 Å². The normalized spacial score (nSPS) is 20.0.